The summed E-state index contributed by atoms with van der Waals surface area (Å²) in [6.45, 7) is 5.60. The predicted octanol–water partition coefficient (Wildman–Crippen LogP) is 1.82. The summed E-state index contributed by atoms with van der Waals surface area (Å²) < 4.78 is 1.06. The first-order valence-electron chi connectivity index (χ1n) is 14.1. The van der Waals surface area contributed by atoms with Gasteiger partial charge in [0, 0.05) is 38.1 Å². The lowest BCUT2D eigenvalue weighted by Gasteiger charge is -2.25. The van der Waals surface area contributed by atoms with Crippen molar-refractivity contribution >= 4 is 68.2 Å². The van der Waals surface area contributed by atoms with E-state index in [4.69, 9.17) is 18.0 Å². The summed E-state index contributed by atoms with van der Waals surface area (Å²) in [5.41, 5.74) is 6.58. The van der Waals surface area contributed by atoms with Crippen molar-refractivity contribution in [1.82, 2.24) is 26.6 Å². The third kappa shape index (κ3) is 12.5. The number of primary amides is 1. The van der Waals surface area contributed by atoms with Gasteiger partial charge in [0.25, 0.3) is 0 Å². The number of hydrogen-bond donors (Lipinski definition) is 6. The number of carbonyl (C=O) groups is 5. The number of fused-ring (bicyclic) bond motifs is 1. The van der Waals surface area contributed by atoms with E-state index in [0.717, 1.165) is 15.6 Å². The van der Waals surface area contributed by atoms with E-state index in [9.17, 15) is 24.0 Å². The molecule has 0 unspecified atom stereocenters. The maximum Gasteiger partial charge on any atom is 0.243 e. The van der Waals surface area contributed by atoms with Crippen LogP contribution in [0.15, 0.2) is 29.6 Å². The number of benzene rings is 1. The normalized spacial score (nSPS) is 12.9. The molecule has 0 radical (unpaired) electrons. The zero-order valence-electron chi connectivity index (χ0n) is 24.4. The summed E-state index contributed by atoms with van der Waals surface area (Å²) in [7, 11) is 0. The second-order valence-corrected chi connectivity index (χ2v) is 11.7. The van der Waals surface area contributed by atoms with E-state index in [0.29, 0.717) is 56.6 Å². The number of nitrogens with two attached hydrogens (primary N) is 1. The van der Waals surface area contributed by atoms with Gasteiger partial charge in [-0.05, 0) is 67.8 Å². The number of unbranched alkanes of at least 4 members (excludes halogenated alkanes) is 2. The first kappa shape index (κ1) is 34.6. The number of thiocarbonyl (C=S) groups is 1. The molecule has 1 aromatic carbocycles. The van der Waals surface area contributed by atoms with Crippen LogP contribution in [0.5, 0.6) is 0 Å². The molecule has 0 aliphatic heterocycles. The first-order valence-corrected chi connectivity index (χ1v) is 15.4. The van der Waals surface area contributed by atoms with Gasteiger partial charge < -0.3 is 32.3 Å². The molecule has 0 saturated carbocycles. The standard InChI is InChI=1S/C29H42N6O5S2/c1-18(36)31-14-8-6-11-23(33-19(2)37)28(39)34-24(12-7-9-15-32-20(3)41)29(40)35-25(27(30)38)16-21-17-42-26-13-5-4-10-22(21)26/h4-5,10,13,17,23-25H,6-9,11-12,14-16H2,1-3H3,(H2,30,38)(H,31,36)(H,32,41)(H,33,37)(H,34,39)(H,35,40)/t23-,24-,25-/m0/s1. The predicted molar refractivity (Wildman–Crippen MR) is 169 cm³/mol. The van der Waals surface area contributed by atoms with Crippen LogP contribution in [0.3, 0.4) is 0 Å². The fraction of sp³-hybridized carbons (Fsp3) is 0.517. The second-order valence-electron chi connectivity index (χ2n) is 10.2. The molecule has 2 rings (SSSR count). The molecule has 2 aromatic rings. The van der Waals surface area contributed by atoms with Gasteiger partial charge in [0.15, 0.2) is 0 Å². The van der Waals surface area contributed by atoms with Crippen molar-refractivity contribution in [3.8, 4) is 0 Å². The molecule has 0 bridgehead atoms. The quantitative estimate of drug-likeness (QED) is 0.109. The number of nitrogens with one attached hydrogen (secondary N) is 5. The lowest BCUT2D eigenvalue weighted by molar-refractivity contribution is -0.133. The SMILES string of the molecule is CC(=O)NCCCC[C@H](NC(C)=O)C(=O)N[C@@H](CCCCNC(C)=S)C(=O)N[C@@H](Cc1csc2ccccc12)C(N)=O. The fourth-order valence-electron chi connectivity index (χ4n) is 4.44. The number of hydrogen-bond acceptors (Lipinski definition) is 7. The molecule has 42 heavy (non-hydrogen) atoms. The Morgan fingerprint density at radius 2 is 1.36 bits per heavy atom. The minimum atomic E-state index is -0.978. The molecule has 1 aromatic heterocycles. The smallest absolute Gasteiger partial charge is 0.243 e. The van der Waals surface area contributed by atoms with Crippen LogP contribution in [0.2, 0.25) is 0 Å². The van der Waals surface area contributed by atoms with E-state index in [1.165, 1.54) is 13.8 Å². The third-order valence-electron chi connectivity index (χ3n) is 6.56. The highest BCUT2D eigenvalue weighted by atomic mass is 32.1. The van der Waals surface area contributed by atoms with Crippen LogP contribution in [0, 0.1) is 0 Å². The number of rotatable bonds is 18. The number of thiophene rings is 1. The van der Waals surface area contributed by atoms with Crippen molar-refractivity contribution in [3.63, 3.8) is 0 Å². The summed E-state index contributed by atoms with van der Waals surface area (Å²) in [4.78, 5) is 62.7. The number of amides is 5. The topological polar surface area (TPSA) is 172 Å². The minimum Gasteiger partial charge on any atom is -0.380 e. The average molecular weight is 619 g/mol. The molecule has 5 amide bonds. The lowest BCUT2D eigenvalue weighted by Crippen LogP contribution is -2.56. The highest BCUT2D eigenvalue weighted by Crippen LogP contribution is 2.26. The van der Waals surface area contributed by atoms with Crippen molar-refractivity contribution in [2.45, 2.75) is 83.8 Å². The van der Waals surface area contributed by atoms with Gasteiger partial charge in [-0.15, -0.1) is 11.3 Å². The van der Waals surface area contributed by atoms with Crippen molar-refractivity contribution in [2.24, 2.45) is 5.73 Å². The molecule has 0 saturated heterocycles. The summed E-state index contributed by atoms with van der Waals surface area (Å²) in [6.07, 6.45) is 3.32. The Morgan fingerprint density at radius 3 is 1.93 bits per heavy atom. The number of carbonyl (C=O) groups excluding carboxylic acids is 5. The summed E-state index contributed by atoms with van der Waals surface area (Å²) in [6, 6.07) is 4.99. The molecule has 230 valence electrons. The Kier molecular flexibility index (Phi) is 14.9. The molecule has 0 aliphatic rings. The summed E-state index contributed by atoms with van der Waals surface area (Å²) in [5, 5.41) is 16.9. The van der Waals surface area contributed by atoms with Gasteiger partial charge in [-0.25, -0.2) is 0 Å². The second kappa shape index (κ2) is 18.1. The summed E-state index contributed by atoms with van der Waals surface area (Å²) >= 11 is 6.59. The van der Waals surface area contributed by atoms with Gasteiger partial charge in [-0.1, -0.05) is 30.4 Å². The van der Waals surface area contributed by atoms with Crippen molar-refractivity contribution in [1.29, 1.82) is 0 Å². The Balaban J connectivity index is 2.13. The van der Waals surface area contributed by atoms with Gasteiger partial charge in [0.2, 0.25) is 29.5 Å². The zero-order chi connectivity index (χ0) is 31.1. The molecule has 0 fully saturated rings. The van der Waals surface area contributed by atoms with Crippen molar-refractivity contribution < 1.29 is 24.0 Å². The van der Waals surface area contributed by atoms with Gasteiger partial charge >= 0.3 is 0 Å². The minimum absolute atomic E-state index is 0.141. The third-order valence-corrected chi connectivity index (χ3v) is 7.72. The van der Waals surface area contributed by atoms with Crippen LogP contribution in [0.1, 0.15) is 64.9 Å². The molecule has 0 spiro atoms. The van der Waals surface area contributed by atoms with Crippen LogP contribution in [-0.4, -0.2) is 65.7 Å². The van der Waals surface area contributed by atoms with Crippen LogP contribution in [0.4, 0.5) is 0 Å². The molecule has 7 N–H and O–H groups in total. The van der Waals surface area contributed by atoms with E-state index in [1.54, 1.807) is 18.3 Å². The fourth-order valence-corrected chi connectivity index (χ4v) is 5.51. The van der Waals surface area contributed by atoms with Gasteiger partial charge in [-0.2, -0.15) is 0 Å². The maximum atomic E-state index is 13.5. The van der Waals surface area contributed by atoms with Crippen molar-refractivity contribution in [3.05, 3.63) is 35.2 Å². The van der Waals surface area contributed by atoms with Crippen LogP contribution < -0.4 is 32.3 Å². The van der Waals surface area contributed by atoms with Gasteiger partial charge in [0.1, 0.15) is 18.1 Å². The van der Waals surface area contributed by atoms with E-state index < -0.39 is 35.8 Å². The van der Waals surface area contributed by atoms with Crippen LogP contribution in [0.25, 0.3) is 10.1 Å². The Hall–Kier alpha value is -3.58. The average Bonchev–Trinajstić information content (AvgIpc) is 3.33. The van der Waals surface area contributed by atoms with E-state index in [-0.39, 0.29) is 18.2 Å². The Bertz CT molecular complexity index is 1250. The zero-order valence-corrected chi connectivity index (χ0v) is 26.1. The molecule has 0 aliphatic carbocycles. The molecule has 11 nitrogen and oxygen atoms in total. The molecular formula is C29H42N6O5S2. The first-order chi connectivity index (χ1) is 20.0. The highest BCUT2D eigenvalue weighted by Gasteiger charge is 2.29. The van der Waals surface area contributed by atoms with Crippen LogP contribution >= 0.6 is 23.6 Å². The van der Waals surface area contributed by atoms with E-state index in [1.807, 2.05) is 29.6 Å². The molecule has 13 heteroatoms. The summed E-state index contributed by atoms with van der Waals surface area (Å²) in [5.74, 6) is -2.23. The lowest BCUT2D eigenvalue weighted by atomic mass is 10.0. The molecule has 1 heterocycles. The van der Waals surface area contributed by atoms with E-state index >= 15 is 0 Å². The maximum absolute atomic E-state index is 13.5. The largest absolute Gasteiger partial charge is 0.380 e. The Labute approximate surface area is 256 Å². The van der Waals surface area contributed by atoms with Gasteiger partial charge in [-0.3, -0.25) is 24.0 Å². The molecular weight excluding hydrogens is 576 g/mol. The van der Waals surface area contributed by atoms with E-state index in [2.05, 4.69) is 26.6 Å². The molecule has 3 atom stereocenters. The monoisotopic (exact) mass is 618 g/mol. The Morgan fingerprint density at radius 1 is 0.786 bits per heavy atom. The van der Waals surface area contributed by atoms with Crippen molar-refractivity contribution in [2.75, 3.05) is 13.1 Å². The highest BCUT2D eigenvalue weighted by molar-refractivity contribution is 7.80. The van der Waals surface area contributed by atoms with Gasteiger partial charge in [0.05, 0.1) is 4.99 Å². The van der Waals surface area contributed by atoms with Crippen LogP contribution in [-0.2, 0) is 30.4 Å².